The molecule has 3 aromatic rings. The van der Waals surface area contributed by atoms with Crippen molar-refractivity contribution in [3.63, 3.8) is 0 Å². The molecular weight excluding hydrogens is 416 g/mol. The molecule has 6 heteroatoms. The molecule has 0 spiro atoms. The summed E-state index contributed by atoms with van der Waals surface area (Å²) >= 11 is 9.57. The summed E-state index contributed by atoms with van der Waals surface area (Å²) in [4.78, 5) is 14.5. The van der Waals surface area contributed by atoms with Crippen molar-refractivity contribution in [1.82, 2.24) is 9.47 Å². The molecular formula is C20H18BrClN2O2. The zero-order valence-corrected chi connectivity index (χ0v) is 16.4. The first-order chi connectivity index (χ1) is 12.6. The Morgan fingerprint density at radius 3 is 2.77 bits per heavy atom. The van der Waals surface area contributed by atoms with Crippen LogP contribution in [0.2, 0.25) is 5.02 Å². The number of pyridine rings is 1. The standard InChI is InChI=1S/C20H18BrClN2O2/c21-17-3-1-2-16-18(25)8-9-24(20(16)17)13-23-10-11-26-19(12-23)14-4-6-15(22)7-5-14/h1-9,19H,10-13H2. The van der Waals surface area contributed by atoms with E-state index in [1.165, 1.54) is 0 Å². The van der Waals surface area contributed by atoms with Crippen LogP contribution >= 0.6 is 27.5 Å². The van der Waals surface area contributed by atoms with Crippen LogP contribution in [0.15, 0.2) is 64.0 Å². The van der Waals surface area contributed by atoms with E-state index in [1.807, 2.05) is 48.7 Å². The fraction of sp³-hybridized carbons (Fsp3) is 0.250. The van der Waals surface area contributed by atoms with Gasteiger partial charge in [0.05, 0.1) is 24.9 Å². The Kier molecular flexibility index (Phi) is 5.14. The van der Waals surface area contributed by atoms with Crippen molar-refractivity contribution >= 4 is 38.4 Å². The number of aromatic nitrogens is 1. The van der Waals surface area contributed by atoms with Crippen molar-refractivity contribution in [1.29, 1.82) is 0 Å². The zero-order valence-electron chi connectivity index (χ0n) is 14.1. The number of halogens is 2. The highest BCUT2D eigenvalue weighted by atomic mass is 79.9. The molecule has 134 valence electrons. The average molecular weight is 434 g/mol. The summed E-state index contributed by atoms with van der Waals surface area (Å²) in [7, 11) is 0. The van der Waals surface area contributed by atoms with E-state index >= 15 is 0 Å². The van der Waals surface area contributed by atoms with E-state index in [2.05, 4.69) is 25.4 Å². The van der Waals surface area contributed by atoms with E-state index < -0.39 is 0 Å². The molecule has 1 unspecified atom stereocenters. The van der Waals surface area contributed by atoms with E-state index in [9.17, 15) is 4.79 Å². The summed E-state index contributed by atoms with van der Waals surface area (Å²) in [6, 6.07) is 15.2. The highest BCUT2D eigenvalue weighted by Crippen LogP contribution is 2.26. The summed E-state index contributed by atoms with van der Waals surface area (Å²) in [5.41, 5.74) is 2.10. The van der Waals surface area contributed by atoms with Gasteiger partial charge in [-0.05, 0) is 45.8 Å². The predicted molar refractivity (Wildman–Crippen MR) is 108 cm³/mol. The number of benzene rings is 2. The predicted octanol–water partition coefficient (Wildman–Crippen LogP) is 4.45. The Morgan fingerprint density at radius 2 is 1.96 bits per heavy atom. The SMILES string of the molecule is O=c1ccn(CN2CCOC(c3ccc(Cl)cc3)C2)c2c(Br)cccc12. The third-order valence-corrected chi connectivity index (χ3v) is 5.58. The Bertz CT molecular complexity index is 987. The lowest BCUT2D eigenvalue weighted by Gasteiger charge is -2.34. The van der Waals surface area contributed by atoms with Crippen LogP contribution in [0.25, 0.3) is 10.9 Å². The Labute approximate surface area is 165 Å². The van der Waals surface area contributed by atoms with Crippen LogP contribution in [0.5, 0.6) is 0 Å². The number of para-hydroxylation sites is 1. The minimum absolute atomic E-state index is 0.0232. The lowest BCUT2D eigenvalue weighted by Crippen LogP contribution is -2.39. The zero-order chi connectivity index (χ0) is 18.1. The molecule has 1 atom stereocenters. The van der Waals surface area contributed by atoms with Crippen LogP contribution in [0.4, 0.5) is 0 Å². The molecule has 1 aliphatic heterocycles. The van der Waals surface area contributed by atoms with E-state index in [4.69, 9.17) is 16.3 Å². The van der Waals surface area contributed by atoms with Gasteiger partial charge in [0.15, 0.2) is 5.43 Å². The Balaban J connectivity index is 1.59. The maximum atomic E-state index is 12.2. The number of fused-ring (bicyclic) bond motifs is 1. The molecule has 0 N–H and O–H groups in total. The minimum Gasteiger partial charge on any atom is -0.371 e. The topological polar surface area (TPSA) is 34.5 Å². The van der Waals surface area contributed by atoms with Crippen LogP contribution in [0, 0.1) is 0 Å². The molecule has 2 heterocycles. The molecule has 4 nitrogen and oxygen atoms in total. The monoisotopic (exact) mass is 432 g/mol. The minimum atomic E-state index is 0.0232. The molecule has 4 rings (SSSR count). The van der Waals surface area contributed by atoms with Gasteiger partial charge in [-0.2, -0.15) is 0 Å². The highest BCUT2D eigenvalue weighted by Gasteiger charge is 2.22. The molecule has 1 saturated heterocycles. The number of morpholine rings is 1. The third-order valence-electron chi connectivity index (χ3n) is 4.69. The van der Waals surface area contributed by atoms with Gasteiger partial charge < -0.3 is 9.30 Å². The molecule has 0 saturated carbocycles. The van der Waals surface area contributed by atoms with Crippen LogP contribution in [-0.4, -0.2) is 29.2 Å². The largest absolute Gasteiger partial charge is 0.371 e. The van der Waals surface area contributed by atoms with Gasteiger partial charge in [0.1, 0.15) is 0 Å². The lowest BCUT2D eigenvalue weighted by atomic mass is 10.1. The number of rotatable bonds is 3. The van der Waals surface area contributed by atoms with Crippen LogP contribution in [-0.2, 0) is 11.4 Å². The van der Waals surface area contributed by atoms with Crippen LogP contribution < -0.4 is 5.43 Å². The fourth-order valence-electron chi connectivity index (χ4n) is 3.37. The fourth-order valence-corrected chi connectivity index (χ4v) is 4.09. The van der Waals surface area contributed by atoms with Gasteiger partial charge >= 0.3 is 0 Å². The summed E-state index contributed by atoms with van der Waals surface area (Å²) < 4.78 is 8.99. The molecule has 1 aromatic heterocycles. The lowest BCUT2D eigenvalue weighted by molar-refractivity contribution is -0.0399. The number of hydrogen-bond acceptors (Lipinski definition) is 3. The van der Waals surface area contributed by atoms with Gasteiger partial charge in [-0.25, -0.2) is 0 Å². The first kappa shape index (κ1) is 17.7. The van der Waals surface area contributed by atoms with Gasteiger partial charge in [0.2, 0.25) is 0 Å². The normalized spacial score (nSPS) is 18.3. The summed E-state index contributed by atoms with van der Waals surface area (Å²) in [6.07, 6.45) is 1.89. The van der Waals surface area contributed by atoms with Crippen molar-refractivity contribution in [2.75, 3.05) is 19.7 Å². The van der Waals surface area contributed by atoms with Crippen LogP contribution in [0.1, 0.15) is 11.7 Å². The van der Waals surface area contributed by atoms with Gasteiger partial charge in [-0.3, -0.25) is 9.69 Å². The van der Waals surface area contributed by atoms with Gasteiger partial charge in [0.25, 0.3) is 0 Å². The maximum absolute atomic E-state index is 12.2. The maximum Gasteiger partial charge on any atom is 0.189 e. The quantitative estimate of drug-likeness (QED) is 0.612. The van der Waals surface area contributed by atoms with Crippen molar-refractivity contribution in [2.24, 2.45) is 0 Å². The molecule has 0 aliphatic carbocycles. The average Bonchev–Trinajstić information content (AvgIpc) is 2.65. The summed E-state index contributed by atoms with van der Waals surface area (Å²) in [5, 5.41) is 1.45. The summed E-state index contributed by atoms with van der Waals surface area (Å²) in [6.45, 7) is 3.02. The van der Waals surface area contributed by atoms with Crippen molar-refractivity contribution < 1.29 is 4.74 Å². The van der Waals surface area contributed by atoms with Gasteiger partial charge in [0, 0.05) is 40.2 Å². The molecule has 0 bridgehead atoms. The summed E-state index contributed by atoms with van der Waals surface area (Å²) in [5.74, 6) is 0. The molecule has 1 aliphatic rings. The number of ether oxygens (including phenoxy) is 1. The van der Waals surface area contributed by atoms with Crippen molar-refractivity contribution in [2.45, 2.75) is 12.8 Å². The van der Waals surface area contributed by atoms with Crippen LogP contribution in [0.3, 0.4) is 0 Å². The Hall–Kier alpha value is -1.66. The highest BCUT2D eigenvalue weighted by molar-refractivity contribution is 9.10. The van der Waals surface area contributed by atoms with Gasteiger partial charge in [-0.1, -0.05) is 29.8 Å². The van der Waals surface area contributed by atoms with E-state index in [0.717, 1.165) is 39.1 Å². The first-order valence-electron chi connectivity index (χ1n) is 8.49. The molecule has 26 heavy (non-hydrogen) atoms. The number of nitrogens with zero attached hydrogens (tertiary/aromatic N) is 2. The second-order valence-electron chi connectivity index (χ2n) is 6.42. The molecule has 1 fully saturated rings. The van der Waals surface area contributed by atoms with Gasteiger partial charge in [-0.15, -0.1) is 0 Å². The first-order valence-corrected chi connectivity index (χ1v) is 9.66. The molecule has 0 amide bonds. The van der Waals surface area contributed by atoms with E-state index in [0.29, 0.717) is 13.3 Å². The second kappa shape index (κ2) is 7.53. The van der Waals surface area contributed by atoms with Crippen molar-refractivity contribution in [3.8, 4) is 0 Å². The Morgan fingerprint density at radius 1 is 1.15 bits per heavy atom. The molecule has 0 radical (unpaired) electrons. The van der Waals surface area contributed by atoms with Crippen molar-refractivity contribution in [3.05, 3.63) is 80.0 Å². The third kappa shape index (κ3) is 3.58. The smallest absolute Gasteiger partial charge is 0.189 e. The van der Waals surface area contributed by atoms with E-state index in [1.54, 1.807) is 6.07 Å². The van der Waals surface area contributed by atoms with E-state index in [-0.39, 0.29) is 11.5 Å². The molecule has 2 aromatic carbocycles. The number of hydrogen-bond donors (Lipinski definition) is 0. The second-order valence-corrected chi connectivity index (χ2v) is 7.71.